The lowest BCUT2D eigenvalue weighted by molar-refractivity contribution is 0.434. The van der Waals surface area contributed by atoms with Crippen LogP contribution in [0.1, 0.15) is 10.9 Å². The Morgan fingerprint density at radius 2 is 1.71 bits per heavy atom. The van der Waals surface area contributed by atoms with E-state index in [1.165, 1.54) is 0 Å². The summed E-state index contributed by atoms with van der Waals surface area (Å²) in [4.78, 5) is 0.342. The zero-order valence-electron chi connectivity index (χ0n) is 11.1. The molecule has 6 heteroatoms. The SMILES string of the molecule is O=S(=O)(c1ccc(Br)cc1)N1CCSC1c1ccccc1. The van der Waals surface area contributed by atoms with Crippen LogP contribution in [0.15, 0.2) is 64.0 Å². The molecular formula is C15H14BrNO2S2. The van der Waals surface area contributed by atoms with Gasteiger partial charge in [0.05, 0.1) is 10.3 Å². The maximum Gasteiger partial charge on any atom is 0.244 e. The Hall–Kier alpha value is -0.820. The predicted molar refractivity (Wildman–Crippen MR) is 89.7 cm³/mol. The summed E-state index contributed by atoms with van der Waals surface area (Å²) in [6, 6.07) is 16.6. The quantitative estimate of drug-likeness (QED) is 0.806. The van der Waals surface area contributed by atoms with Crippen LogP contribution in [0.5, 0.6) is 0 Å². The zero-order valence-corrected chi connectivity index (χ0v) is 14.4. The molecule has 1 saturated heterocycles. The summed E-state index contributed by atoms with van der Waals surface area (Å²) in [6.45, 7) is 0.544. The van der Waals surface area contributed by atoms with Crippen LogP contribution in [-0.4, -0.2) is 25.0 Å². The molecular weight excluding hydrogens is 370 g/mol. The van der Waals surface area contributed by atoms with Crippen molar-refractivity contribution in [2.75, 3.05) is 12.3 Å². The Morgan fingerprint density at radius 3 is 2.38 bits per heavy atom. The standard InChI is InChI=1S/C15H14BrNO2S2/c16-13-6-8-14(9-7-13)21(18,19)17-10-11-20-15(17)12-4-2-1-3-5-12/h1-9,15H,10-11H2. The molecule has 0 spiro atoms. The highest BCUT2D eigenvalue weighted by Crippen LogP contribution is 2.41. The Morgan fingerprint density at radius 1 is 1.05 bits per heavy atom. The molecule has 21 heavy (non-hydrogen) atoms. The van der Waals surface area contributed by atoms with Crippen LogP contribution in [0.25, 0.3) is 0 Å². The fraction of sp³-hybridized carbons (Fsp3) is 0.200. The van der Waals surface area contributed by atoms with Gasteiger partial charge in [-0.15, -0.1) is 11.8 Å². The number of nitrogens with zero attached hydrogens (tertiary/aromatic N) is 1. The highest BCUT2D eigenvalue weighted by Gasteiger charge is 2.36. The van der Waals surface area contributed by atoms with Crippen molar-refractivity contribution in [2.45, 2.75) is 10.3 Å². The first kappa shape index (κ1) is 15.1. The molecule has 0 amide bonds. The summed E-state index contributed by atoms with van der Waals surface area (Å²) in [5, 5.41) is -0.139. The van der Waals surface area contributed by atoms with Gasteiger partial charge in [0.15, 0.2) is 0 Å². The third-order valence-electron chi connectivity index (χ3n) is 3.35. The van der Waals surface area contributed by atoms with E-state index >= 15 is 0 Å². The molecule has 3 rings (SSSR count). The van der Waals surface area contributed by atoms with E-state index in [9.17, 15) is 8.42 Å². The van der Waals surface area contributed by atoms with Gasteiger partial charge in [-0.1, -0.05) is 46.3 Å². The van der Waals surface area contributed by atoms with E-state index in [1.54, 1.807) is 40.3 Å². The van der Waals surface area contributed by atoms with E-state index in [4.69, 9.17) is 0 Å². The molecule has 0 N–H and O–H groups in total. The largest absolute Gasteiger partial charge is 0.244 e. The molecule has 0 saturated carbocycles. The van der Waals surface area contributed by atoms with E-state index in [0.29, 0.717) is 11.4 Å². The number of thioether (sulfide) groups is 1. The maximum atomic E-state index is 12.8. The molecule has 0 radical (unpaired) electrons. The second-order valence-electron chi connectivity index (χ2n) is 4.70. The van der Waals surface area contributed by atoms with Gasteiger partial charge in [-0.05, 0) is 29.8 Å². The Labute approximate surface area is 137 Å². The molecule has 1 fully saturated rings. The predicted octanol–water partition coefficient (Wildman–Crippen LogP) is 3.89. The fourth-order valence-electron chi connectivity index (χ4n) is 2.32. The summed E-state index contributed by atoms with van der Waals surface area (Å²) in [7, 11) is -3.46. The van der Waals surface area contributed by atoms with Crippen molar-refractivity contribution < 1.29 is 8.42 Å². The molecule has 1 heterocycles. The van der Waals surface area contributed by atoms with Crippen LogP contribution < -0.4 is 0 Å². The average molecular weight is 384 g/mol. The number of benzene rings is 2. The first-order valence-electron chi connectivity index (χ1n) is 6.53. The van der Waals surface area contributed by atoms with Crippen molar-refractivity contribution in [3.8, 4) is 0 Å². The number of hydrogen-bond donors (Lipinski definition) is 0. The lowest BCUT2D eigenvalue weighted by Crippen LogP contribution is -2.30. The summed E-state index contributed by atoms with van der Waals surface area (Å²) < 4.78 is 28.1. The van der Waals surface area contributed by atoms with Crippen molar-refractivity contribution in [2.24, 2.45) is 0 Å². The van der Waals surface area contributed by atoms with Gasteiger partial charge in [-0.25, -0.2) is 8.42 Å². The van der Waals surface area contributed by atoms with Crippen LogP contribution in [0.4, 0.5) is 0 Å². The molecule has 2 aromatic carbocycles. The molecule has 110 valence electrons. The van der Waals surface area contributed by atoms with E-state index in [2.05, 4.69) is 15.9 Å². The molecule has 1 aliphatic heterocycles. The Balaban J connectivity index is 1.96. The second-order valence-corrected chi connectivity index (χ2v) is 8.70. The molecule has 1 unspecified atom stereocenters. The molecule has 0 bridgehead atoms. The molecule has 1 atom stereocenters. The minimum Gasteiger partial charge on any atom is -0.207 e. The van der Waals surface area contributed by atoms with E-state index in [1.807, 2.05) is 30.3 Å². The van der Waals surface area contributed by atoms with E-state index < -0.39 is 10.0 Å². The lowest BCUT2D eigenvalue weighted by atomic mass is 10.2. The van der Waals surface area contributed by atoms with Crippen LogP contribution in [-0.2, 0) is 10.0 Å². The summed E-state index contributed by atoms with van der Waals surface area (Å²) in [5.41, 5.74) is 1.03. The van der Waals surface area contributed by atoms with E-state index in [0.717, 1.165) is 15.8 Å². The smallest absolute Gasteiger partial charge is 0.207 e. The van der Waals surface area contributed by atoms with Crippen LogP contribution in [0.3, 0.4) is 0 Å². The third-order valence-corrected chi connectivity index (χ3v) is 7.16. The van der Waals surface area contributed by atoms with Gasteiger partial charge in [-0.3, -0.25) is 0 Å². The number of sulfonamides is 1. The van der Waals surface area contributed by atoms with Crippen molar-refractivity contribution in [1.82, 2.24) is 4.31 Å². The lowest BCUT2D eigenvalue weighted by Gasteiger charge is -2.23. The van der Waals surface area contributed by atoms with Crippen LogP contribution >= 0.6 is 27.7 Å². The minimum atomic E-state index is -3.46. The summed E-state index contributed by atoms with van der Waals surface area (Å²) in [6.07, 6.45) is 0. The van der Waals surface area contributed by atoms with Crippen LogP contribution in [0, 0.1) is 0 Å². The second kappa shape index (κ2) is 6.12. The van der Waals surface area contributed by atoms with Gasteiger partial charge in [0.2, 0.25) is 10.0 Å². The number of hydrogen-bond acceptors (Lipinski definition) is 3. The highest BCUT2D eigenvalue weighted by atomic mass is 79.9. The first-order valence-corrected chi connectivity index (χ1v) is 9.81. The first-order chi connectivity index (χ1) is 10.1. The Bertz CT molecular complexity index is 717. The summed E-state index contributed by atoms with van der Waals surface area (Å²) in [5.74, 6) is 0.815. The Kier molecular flexibility index (Phi) is 4.40. The van der Waals surface area contributed by atoms with Crippen molar-refractivity contribution in [3.05, 3.63) is 64.6 Å². The average Bonchev–Trinajstić information content (AvgIpc) is 2.99. The zero-order chi connectivity index (χ0) is 14.9. The molecule has 2 aromatic rings. The molecule has 1 aliphatic rings. The van der Waals surface area contributed by atoms with E-state index in [-0.39, 0.29) is 5.37 Å². The normalized spacial score (nSPS) is 19.8. The monoisotopic (exact) mass is 383 g/mol. The van der Waals surface area contributed by atoms with Gasteiger partial charge in [-0.2, -0.15) is 4.31 Å². The van der Waals surface area contributed by atoms with Gasteiger partial charge in [0.1, 0.15) is 0 Å². The minimum absolute atomic E-state index is 0.139. The number of rotatable bonds is 3. The molecule has 0 aromatic heterocycles. The summed E-state index contributed by atoms with van der Waals surface area (Å²) >= 11 is 5.00. The molecule has 0 aliphatic carbocycles. The highest BCUT2D eigenvalue weighted by molar-refractivity contribution is 9.10. The van der Waals surface area contributed by atoms with Gasteiger partial charge >= 0.3 is 0 Å². The fourth-order valence-corrected chi connectivity index (χ4v) is 5.83. The topological polar surface area (TPSA) is 37.4 Å². The van der Waals surface area contributed by atoms with Crippen molar-refractivity contribution in [3.63, 3.8) is 0 Å². The number of halogens is 1. The third kappa shape index (κ3) is 3.04. The van der Waals surface area contributed by atoms with Gasteiger partial charge in [0, 0.05) is 16.8 Å². The maximum absolute atomic E-state index is 12.8. The van der Waals surface area contributed by atoms with Crippen molar-refractivity contribution in [1.29, 1.82) is 0 Å². The van der Waals surface area contributed by atoms with Crippen LogP contribution in [0.2, 0.25) is 0 Å². The molecule has 3 nitrogen and oxygen atoms in total. The van der Waals surface area contributed by atoms with Gasteiger partial charge < -0.3 is 0 Å². The van der Waals surface area contributed by atoms with Crippen molar-refractivity contribution >= 4 is 37.7 Å². The van der Waals surface area contributed by atoms with Gasteiger partial charge in [0.25, 0.3) is 0 Å².